The molecular weight excluding hydrogens is 742 g/mol. The van der Waals surface area contributed by atoms with Gasteiger partial charge in [-0.15, -0.1) is 0 Å². The molecule has 0 saturated carbocycles. The maximum absolute atomic E-state index is 11.9. The van der Waals surface area contributed by atoms with Gasteiger partial charge in [0, 0.05) is 7.14 Å². The molecule has 40 heavy (non-hydrogen) atoms. The van der Waals surface area contributed by atoms with Crippen molar-refractivity contribution in [3.63, 3.8) is 0 Å². The van der Waals surface area contributed by atoms with Crippen LogP contribution in [0.4, 0.5) is 0 Å². The molecule has 2 aliphatic heterocycles. The molecule has 0 saturated heterocycles. The van der Waals surface area contributed by atoms with E-state index >= 15 is 0 Å². The number of nitrogens with one attached hydrogen (secondary N) is 2. The smallest absolute Gasteiger partial charge is 0.275 e. The lowest BCUT2D eigenvalue weighted by Crippen LogP contribution is -2.05. The topological polar surface area (TPSA) is 165 Å². The summed E-state index contributed by atoms with van der Waals surface area (Å²) in [5, 5.41) is 40.5. The first-order valence-electron chi connectivity index (χ1n) is 11.5. The van der Waals surface area contributed by atoms with Crippen molar-refractivity contribution in [2.45, 2.75) is 0 Å². The summed E-state index contributed by atoms with van der Waals surface area (Å²) in [5.74, 6) is -0.307. The van der Waals surface area contributed by atoms with Crippen molar-refractivity contribution >= 4 is 57.3 Å². The largest absolute Gasteiger partial charge is 0.493 e. The van der Waals surface area contributed by atoms with E-state index in [2.05, 4.69) is 75.8 Å². The summed E-state index contributed by atoms with van der Waals surface area (Å²) < 4.78 is 4.81. The lowest BCUT2D eigenvalue weighted by atomic mass is 10.2. The molecule has 14 heteroatoms. The van der Waals surface area contributed by atoms with Crippen LogP contribution >= 0.6 is 45.2 Å². The summed E-state index contributed by atoms with van der Waals surface area (Å²) in [5.41, 5.74) is 1.93. The Balaban J connectivity index is 0.000000161. The van der Waals surface area contributed by atoms with Crippen LogP contribution < -0.4 is 11.1 Å². The van der Waals surface area contributed by atoms with Crippen molar-refractivity contribution in [1.82, 2.24) is 19.6 Å². The van der Waals surface area contributed by atoms with Gasteiger partial charge in [0.05, 0.1) is 35.2 Å². The predicted octanol–water partition coefficient (Wildman–Crippen LogP) is 5.59. The third-order valence-corrected chi connectivity index (χ3v) is 6.98. The molecule has 12 nitrogen and oxygen atoms in total. The third-order valence-electron chi connectivity index (χ3n) is 5.55. The number of benzene rings is 2. The normalized spacial score (nSPS) is 15.3. The van der Waals surface area contributed by atoms with Crippen LogP contribution in [0.5, 0.6) is 11.8 Å². The fraction of sp³-hybridized carbons (Fsp3) is 0. The van der Waals surface area contributed by atoms with Crippen molar-refractivity contribution in [2.24, 2.45) is 20.5 Å². The molecule has 0 amide bonds. The molecule has 0 fully saturated rings. The predicted molar refractivity (Wildman–Crippen MR) is 165 cm³/mol. The van der Waals surface area contributed by atoms with Crippen molar-refractivity contribution < 1.29 is 10.2 Å². The Morgan fingerprint density at radius 2 is 1.02 bits per heavy atom. The van der Waals surface area contributed by atoms with Gasteiger partial charge in [-0.2, -0.15) is 20.5 Å². The van der Waals surface area contributed by atoms with Crippen LogP contribution in [-0.4, -0.2) is 29.8 Å². The van der Waals surface area contributed by atoms with E-state index in [-0.39, 0.29) is 34.0 Å². The van der Waals surface area contributed by atoms with Gasteiger partial charge >= 0.3 is 0 Å². The molecule has 2 aromatic carbocycles. The molecule has 2 aromatic heterocycles. The molecule has 4 aromatic rings. The van der Waals surface area contributed by atoms with Crippen LogP contribution in [0.3, 0.4) is 0 Å². The molecule has 0 atom stereocenters. The average molecular weight is 760 g/mol. The summed E-state index contributed by atoms with van der Waals surface area (Å²) in [6.45, 7) is 0. The number of rotatable bonds is 4. The van der Waals surface area contributed by atoms with Gasteiger partial charge < -0.3 is 10.2 Å². The Morgan fingerprint density at radius 1 is 0.650 bits per heavy atom. The Hall–Kier alpha value is -4.32. The van der Waals surface area contributed by atoms with Crippen LogP contribution in [0, 0.1) is 7.14 Å². The highest BCUT2D eigenvalue weighted by Crippen LogP contribution is 2.24. The second-order valence-corrected chi connectivity index (χ2v) is 10.7. The van der Waals surface area contributed by atoms with Crippen LogP contribution in [0.15, 0.2) is 115 Å². The number of azo groups is 2. The Morgan fingerprint density at radius 3 is 1.35 bits per heavy atom. The lowest BCUT2D eigenvalue weighted by molar-refractivity contribution is 0.432. The van der Waals surface area contributed by atoms with Crippen molar-refractivity contribution in [2.75, 3.05) is 0 Å². The van der Waals surface area contributed by atoms with Crippen molar-refractivity contribution in [1.29, 1.82) is 0 Å². The van der Waals surface area contributed by atoms with Gasteiger partial charge in [0.25, 0.3) is 11.1 Å². The van der Waals surface area contributed by atoms with Gasteiger partial charge in [-0.1, -0.05) is 0 Å². The quantitative estimate of drug-likeness (QED) is 0.200. The molecule has 200 valence electrons. The van der Waals surface area contributed by atoms with Crippen LogP contribution in [0.25, 0.3) is 23.5 Å². The first-order valence-corrected chi connectivity index (χ1v) is 13.6. The SMILES string of the molecule is O=c1[nH]n(-c2ccc(I)cc2)c(O)c1C=C1C=CN=N1.O=c1[nH]n(-c2ccc(I)cc2)c(O)c1C=C1C=CN=N1. The van der Waals surface area contributed by atoms with E-state index in [1.807, 2.05) is 48.5 Å². The van der Waals surface area contributed by atoms with Crippen molar-refractivity contribution in [3.05, 3.63) is 123 Å². The maximum atomic E-state index is 11.9. The standard InChI is InChI=1S/2C13H9IN4O2/c2*14-8-1-3-10(4-2-8)18-13(20)11(12(19)17-18)7-9-5-6-15-16-9/h2*1-7,20H,(H,17,19). The molecular formula is C26H18I2N8O4. The number of halogens is 2. The monoisotopic (exact) mass is 760 g/mol. The first kappa shape index (κ1) is 27.3. The van der Waals surface area contributed by atoms with Crippen LogP contribution in [0.1, 0.15) is 11.1 Å². The summed E-state index contributed by atoms with van der Waals surface area (Å²) in [7, 11) is 0. The van der Waals surface area contributed by atoms with E-state index in [4.69, 9.17) is 0 Å². The molecule has 0 aliphatic carbocycles. The van der Waals surface area contributed by atoms with E-state index in [1.165, 1.54) is 33.9 Å². The second-order valence-electron chi connectivity index (χ2n) is 8.18. The summed E-state index contributed by atoms with van der Waals surface area (Å²) >= 11 is 4.37. The molecule has 0 radical (unpaired) electrons. The molecule has 0 unspecified atom stereocenters. The third kappa shape index (κ3) is 5.96. The number of aromatic amines is 2. The fourth-order valence-electron chi connectivity index (χ4n) is 3.62. The summed E-state index contributed by atoms with van der Waals surface area (Å²) in [4.78, 5) is 23.8. The minimum absolute atomic E-state index is 0.154. The second kappa shape index (κ2) is 11.8. The van der Waals surface area contributed by atoms with Crippen molar-refractivity contribution in [3.8, 4) is 23.1 Å². The number of hydrogen-bond donors (Lipinski definition) is 4. The molecule has 4 heterocycles. The van der Waals surface area contributed by atoms with Crippen LogP contribution in [-0.2, 0) is 0 Å². The molecule has 0 spiro atoms. The Kier molecular flexibility index (Phi) is 8.06. The number of aromatic hydroxyl groups is 2. The van der Waals surface area contributed by atoms with Gasteiger partial charge in [0.15, 0.2) is 0 Å². The molecule has 6 rings (SSSR count). The number of nitrogens with zero attached hydrogens (tertiary/aromatic N) is 6. The zero-order chi connectivity index (χ0) is 28.2. The molecule has 4 N–H and O–H groups in total. The van der Waals surface area contributed by atoms with Crippen LogP contribution in [0.2, 0.25) is 0 Å². The van der Waals surface area contributed by atoms with E-state index in [0.717, 1.165) is 7.14 Å². The highest BCUT2D eigenvalue weighted by Gasteiger charge is 2.15. The average Bonchev–Trinajstić information content (AvgIpc) is 3.75. The summed E-state index contributed by atoms with van der Waals surface area (Å²) in [6, 6.07) is 14.8. The van der Waals surface area contributed by atoms with Gasteiger partial charge in [-0.3, -0.25) is 19.8 Å². The van der Waals surface area contributed by atoms with E-state index in [9.17, 15) is 19.8 Å². The Labute approximate surface area is 252 Å². The zero-order valence-electron chi connectivity index (χ0n) is 20.2. The van der Waals surface area contributed by atoms with E-state index < -0.39 is 0 Å². The number of H-pyrrole nitrogens is 2. The number of hydrogen-bond acceptors (Lipinski definition) is 8. The zero-order valence-corrected chi connectivity index (χ0v) is 24.5. The number of allylic oxidation sites excluding steroid dienone is 2. The van der Waals surface area contributed by atoms with E-state index in [1.54, 1.807) is 12.2 Å². The maximum Gasteiger partial charge on any atom is 0.275 e. The highest BCUT2D eigenvalue weighted by molar-refractivity contribution is 14.1. The highest BCUT2D eigenvalue weighted by atomic mass is 127. The Bertz CT molecular complexity index is 1700. The van der Waals surface area contributed by atoms with Gasteiger partial charge in [0.1, 0.15) is 11.1 Å². The minimum Gasteiger partial charge on any atom is -0.493 e. The number of aromatic nitrogens is 4. The van der Waals surface area contributed by atoms with E-state index in [0.29, 0.717) is 22.8 Å². The van der Waals surface area contributed by atoms with Gasteiger partial charge in [-0.25, -0.2) is 9.36 Å². The summed E-state index contributed by atoms with van der Waals surface area (Å²) in [6.07, 6.45) is 9.33. The molecule has 2 aliphatic rings. The fourth-order valence-corrected chi connectivity index (χ4v) is 4.34. The molecule has 0 bridgehead atoms. The minimum atomic E-state index is -0.385. The van der Waals surface area contributed by atoms with Gasteiger partial charge in [0.2, 0.25) is 11.8 Å². The van der Waals surface area contributed by atoms with Gasteiger partial charge in [-0.05, 0) is 118 Å². The first-order chi connectivity index (χ1) is 19.3. The lowest BCUT2D eigenvalue weighted by Gasteiger charge is -2.03.